The highest BCUT2D eigenvalue weighted by molar-refractivity contribution is 5.69. The van der Waals surface area contributed by atoms with Crippen molar-refractivity contribution in [3.63, 3.8) is 0 Å². The predicted octanol–water partition coefficient (Wildman–Crippen LogP) is 1.28. The molecule has 6 nitrogen and oxygen atoms in total. The van der Waals surface area contributed by atoms with Gasteiger partial charge in [-0.2, -0.15) is 0 Å². The molecule has 0 saturated carbocycles. The monoisotopic (exact) mass is 197 g/mol. The lowest BCUT2D eigenvalue weighted by molar-refractivity contribution is -0.384. The van der Waals surface area contributed by atoms with Gasteiger partial charge in [0.15, 0.2) is 11.4 Å². The maximum atomic E-state index is 10.6. The van der Waals surface area contributed by atoms with E-state index in [2.05, 4.69) is 5.43 Å². The van der Waals surface area contributed by atoms with E-state index in [1.807, 2.05) is 0 Å². The number of ether oxygens (including phenoxy) is 1. The molecule has 0 fully saturated rings. The van der Waals surface area contributed by atoms with E-state index in [0.29, 0.717) is 12.4 Å². The molecule has 6 heteroatoms. The number of nitrogens with one attached hydrogen (secondary N) is 1. The summed E-state index contributed by atoms with van der Waals surface area (Å²) in [6.45, 7) is 2.22. The summed E-state index contributed by atoms with van der Waals surface area (Å²) in [6.07, 6.45) is 0. The van der Waals surface area contributed by atoms with Gasteiger partial charge < -0.3 is 10.2 Å². The molecule has 0 saturated heterocycles. The third kappa shape index (κ3) is 1.91. The van der Waals surface area contributed by atoms with E-state index < -0.39 is 4.92 Å². The van der Waals surface area contributed by atoms with Crippen LogP contribution in [0.4, 0.5) is 11.4 Å². The molecule has 0 heterocycles. The lowest BCUT2D eigenvalue weighted by atomic mass is 10.2. The second kappa shape index (κ2) is 4.43. The lowest BCUT2D eigenvalue weighted by Gasteiger charge is -2.08. The van der Waals surface area contributed by atoms with Crippen molar-refractivity contribution in [3.05, 3.63) is 28.3 Å². The number of hydrogen-bond donors (Lipinski definition) is 2. The Bertz CT molecular complexity index is 341. The van der Waals surface area contributed by atoms with Gasteiger partial charge in [0.1, 0.15) is 0 Å². The van der Waals surface area contributed by atoms with E-state index in [4.69, 9.17) is 10.6 Å². The van der Waals surface area contributed by atoms with Crippen molar-refractivity contribution in [3.8, 4) is 5.75 Å². The standard InChI is InChI=1S/C8H11N3O3/c1-2-14-7-5-3-4-6(11(12)13)8(7)10-9/h3-5,10H,2,9H2,1H3. The highest BCUT2D eigenvalue weighted by Gasteiger charge is 2.16. The highest BCUT2D eigenvalue weighted by Crippen LogP contribution is 2.32. The summed E-state index contributed by atoms with van der Waals surface area (Å²) in [7, 11) is 0. The van der Waals surface area contributed by atoms with Crippen LogP contribution in [0.2, 0.25) is 0 Å². The summed E-state index contributed by atoms with van der Waals surface area (Å²) in [5.41, 5.74) is 2.36. The van der Waals surface area contributed by atoms with Gasteiger partial charge in [-0.1, -0.05) is 6.07 Å². The van der Waals surface area contributed by atoms with Gasteiger partial charge in [-0.05, 0) is 13.0 Å². The van der Waals surface area contributed by atoms with E-state index in [-0.39, 0.29) is 11.4 Å². The molecule has 14 heavy (non-hydrogen) atoms. The summed E-state index contributed by atoms with van der Waals surface area (Å²) in [6, 6.07) is 4.52. The fourth-order valence-corrected chi connectivity index (χ4v) is 1.09. The molecule has 0 spiro atoms. The zero-order chi connectivity index (χ0) is 10.6. The van der Waals surface area contributed by atoms with Gasteiger partial charge in [0, 0.05) is 6.07 Å². The van der Waals surface area contributed by atoms with Crippen LogP contribution >= 0.6 is 0 Å². The van der Waals surface area contributed by atoms with Gasteiger partial charge in [0.2, 0.25) is 0 Å². The molecule has 3 N–H and O–H groups in total. The third-order valence-electron chi connectivity index (χ3n) is 1.65. The first-order valence-electron chi connectivity index (χ1n) is 4.07. The maximum absolute atomic E-state index is 10.6. The number of benzene rings is 1. The van der Waals surface area contributed by atoms with Gasteiger partial charge in [0.25, 0.3) is 5.69 Å². The fraction of sp³-hybridized carbons (Fsp3) is 0.250. The van der Waals surface area contributed by atoms with Crippen molar-refractivity contribution in [1.82, 2.24) is 0 Å². The van der Waals surface area contributed by atoms with Crippen molar-refractivity contribution < 1.29 is 9.66 Å². The largest absolute Gasteiger partial charge is 0.491 e. The summed E-state index contributed by atoms with van der Waals surface area (Å²) in [5.74, 6) is 5.56. The number of para-hydroxylation sites is 1. The van der Waals surface area contributed by atoms with Crippen LogP contribution in [0.1, 0.15) is 6.92 Å². The smallest absolute Gasteiger partial charge is 0.297 e. The molecule has 0 bridgehead atoms. The Morgan fingerprint density at radius 3 is 2.86 bits per heavy atom. The molecule has 1 aromatic rings. The Labute approximate surface area is 80.8 Å². The molecule has 0 aromatic heterocycles. The van der Waals surface area contributed by atoms with Crippen LogP contribution in [0.5, 0.6) is 5.75 Å². The fourth-order valence-electron chi connectivity index (χ4n) is 1.09. The molecule has 0 unspecified atom stereocenters. The number of nitrogens with zero attached hydrogens (tertiary/aromatic N) is 1. The molecular formula is C8H11N3O3. The Morgan fingerprint density at radius 1 is 1.64 bits per heavy atom. The Morgan fingerprint density at radius 2 is 2.36 bits per heavy atom. The van der Waals surface area contributed by atoms with Crippen LogP contribution in [0.3, 0.4) is 0 Å². The lowest BCUT2D eigenvalue weighted by Crippen LogP contribution is -2.11. The van der Waals surface area contributed by atoms with E-state index in [1.165, 1.54) is 6.07 Å². The first-order valence-corrected chi connectivity index (χ1v) is 4.07. The van der Waals surface area contributed by atoms with Crippen molar-refractivity contribution in [2.75, 3.05) is 12.0 Å². The molecule has 0 radical (unpaired) electrons. The minimum Gasteiger partial charge on any atom is -0.491 e. The number of rotatable bonds is 4. The van der Waals surface area contributed by atoms with E-state index >= 15 is 0 Å². The number of anilines is 1. The van der Waals surface area contributed by atoms with Crippen molar-refractivity contribution in [2.24, 2.45) is 5.84 Å². The van der Waals surface area contributed by atoms with Gasteiger partial charge >= 0.3 is 0 Å². The topological polar surface area (TPSA) is 90.4 Å². The second-order valence-electron chi connectivity index (χ2n) is 2.48. The number of nitrogens with two attached hydrogens (primary N) is 1. The molecule has 0 amide bonds. The molecule has 0 aliphatic heterocycles. The van der Waals surface area contributed by atoms with E-state index in [0.717, 1.165) is 0 Å². The minimum atomic E-state index is -0.516. The van der Waals surface area contributed by atoms with Crippen LogP contribution in [0, 0.1) is 10.1 Å². The summed E-state index contributed by atoms with van der Waals surface area (Å²) in [5, 5.41) is 10.6. The normalized spacial score (nSPS) is 9.57. The SMILES string of the molecule is CCOc1cccc([N+](=O)[O-])c1NN. The molecule has 1 aromatic carbocycles. The molecular weight excluding hydrogens is 186 g/mol. The van der Waals surface area contributed by atoms with E-state index in [1.54, 1.807) is 19.1 Å². The highest BCUT2D eigenvalue weighted by atomic mass is 16.6. The van der Waals surface area contributed by atoms with Crippen LogP contribution in [-0.4, -0.2) is 11.5 Å². The van der Waals surface area contributed by atoms with Crippen LogP contribution in [0.15, 0.2) is 18.2 Å². The Balaban J connectivity index is 3.17. The summed E-state index contributed by atoms with van der Waals surface area (Å²) in [4.78, 5) is 10.1. The van der Waals surface area contributed by atoms with Gasteiger partial charge in [0.05, 0.1) is 11.5 Å². The Kier molecular flexibility index (Phi) is 3.24. The third-order valence-corrected chi connectivity index (χ3v) is 1.65. The molecule has 0 aliphatic rings. The summed E-state index contributed by atoms with van der Waals surface area (Å²) >= 11 is 0. The molecule has 76 valence electrons. The van der Waals surface area contributed by atoms with E-state index in [9.17, 15) is 10.1 Å². The van der Waals surface area contributed by atoms with Gasteiger partial charge in [-0.15, -0.1) is 0 Å². The maximum Gasteiger partial charge on any atom is 0.297 e. The van der Waals surface area contributed by atoms with Crippen LogP contribution in [0.25, 0.3) is 0 Å². The molecule has 0 atom stereocenters. The number of nitro groups is 1. The zero-order valence-electron chi connectivity index (χ0n) is 7.69. The number of hydrazine groups is 1. The minimum absolute atomic E-state index is 0.0987. The average Bonchev–Trinajstić information content (AvgIpc) is 2.18. The van der Waals surface area contributed by atoms with Crippen molar-refractivity contribution in [1.29, 1.82) is 0 Å². The quantitative estimate of drug-likeness (QED) is 0.431. The van der Waals surface area contributed by atoms with Gasteiger partial charge in [-0.3, -0.25) is 16.0 Å². The van der Waals surface area contributed by atoms with Crippen molar-refractivity contribution in [2.45, 2.75) is 6.92 Å². The van der Waals surface area contributed by atoms with Gasteiger partial charge in [-0.25, -0.2) is 0 Å². The Hall–Kier alpha value is -1.82. The van der Waals surface area contributed by atoms with Crippen molar-refractivity contribution >= 4 is 11.4 Å². The predicted molar refractivity (Wildman–Crippen MR) is 52.1 cm³/mol. The number of nitrogen functional groups attached to an aromatic ring is 1. The first kappa shape index (κ1) is 10.3. The van der Waals surface area contributed by atoms with Crippen LogP contribution < -0.4 is 16.0 Å². The second-order valence-corrected chi connectivity index (χ2v) is 2.48. The zero-order valence-corrected chi connectivity index (χ0v) is 7.69. The number of hydrogen-bond acceptors (Lipinski definition) is 5. The average molecular weight is 197 g/mol. The summed E-state index contributed by atoms with van der Waals surface area (Å²) < 4.78 is 5.17. The van der Waals surface area contributed by atoms with Crippen LogP contribution in [-0.2, 0) is 0 Å². The first-order chi connectivity index (χ1) is 6.70. The molecule has 0 aliphatic carbocycles. The molecule has 1 rings (SSSR count). The number of nitro benzene ring substituents is 1.